The fourth-order valence-corrected chi connectivity index (χ4v) is 2.65. The second kappa shape index (κ2) is 5.80. The quantitative estimate of drug-likeness (QED) is 0.679. The number of aliphatic hydroxyl groups is 1. The van der Waals surface area contributed by atoms with Crippen molar-refractivity contribution in [3.63, 3.8) is 0 Å². The summed E-state index contributed by atoms with van der Waals surface area (Å²) in [6.07, 6.45) is 1.67. The summed E-state index contributed by atoms with van der Waals surface area (Å²) in [6, 6.07) is 8.88. The van der Waals surface area contributed by atoms with Gasteiger partial charge in [-0.25, -0.2) is 4.79 Å². The van der Waals surface area contributed by atoms with Gasteiger partial charge in [0.2, 0.25) is 0 Å². The number of ether oxygens (including phenoxy) is 1. The minimum Gasteiger partial charge on any atom is -0.456 e. The molecule has 1 aliphatic carbocycles. The highest BCUT2D eigenvalue weighted by Gasteiger charge is 2.41. The van der Waals surface area contributed by atoms with E-state index in [1.54, 1.807) is 31.2 Å². The summed E-state index contributed by atoms with van der Waals surface area (Å²) in [5.41, 5.74) is 0.637. The van der Waals surface area contributed by atoms with Gasteiger partial charge >= 0.3 is 5.97 Å². The number of carbonyl (C=O) groups is 1. The molecule has 1 N–H and O–H groups in total. The Morgan fingerprint density at radius 3 is 2.65 bits per heavy atom. The number of carbonyl (C=O) groups excluding carboxylic acids is 1. The van der Waals surface area contributed by atoms with E-state index in [0.717, 1.165) is 12.0 Å². The molecule has 3 nitrogen and oxygen atoms in total. The van der Waals surface area contributed by atoms with Gasteiger partial charge in [0.15, 0.2) is 0 Å². The third-order valence-electron chi connectivity index (χ3n) is 4.15. The van der Waals surface area contributed by atoms with E-state index in [0.29, 0.717) is 24.3 Å². The molecule has 20 heavy (non-hydrogen) atoms. The number of benzene rings is 1. The molecule has 1 saturated carbocycles. The van der Waals surface area contributed by atoms with E-state index in [4.69, 9.17) is 4.74 Å². The van der Waals surface area contributed by atoms with Crippen LogP contribution in [0.5, 0.6) is 0 Å². The predicted molar refractivity (Wildman–Crippen MR) is 78.4 cm³/mol. The lowest BCUT2D eigenvalue weighted by molar-refractivity contribution is -0.104. The first-order chi connectivity index (χ1) is 9.40. The second-order valence-electron chi connectivity index (χ2n) is 5.93. The molecule has 0 bridgehead atoms. The molecule has 1 aromatic carbocycles. The Morgan fingerprint density at radius 2 is 2.05 bits per heavy atom. The Hall–Kier alpha value is -1.61. The fourth-order valence-electron chi connectivity index (χ4n) is 2.65. The van der Waals surface area contributed by atoms with Gasteiger partial charge in [-0.1, -0.05) is 30.4 Å². The van der Waals surface area contributed by atoms with Gasteiger partial charge in [0.1, 0.15) is 6.10 Å². The van der Waals surface area contributed by atoms with Gasteiger partial charge in [-0.05, 0) is 51.2 Å². The number of hydrogen-bond donors (Lipinski definition) is 1. The van der Waals surface area contributed by atoms with Crippen molar-refractivity contribution in [3.8, 4) is 0 Å². The van der Waals surface area contributed by atoms with Crippen molar-refractivity contribution >= 4 is 5.97 Å². The van der Waals surface area contributed by atoms with Gasteiger partial charge in [-0.15, -0.1) is 0 Å². The molecule has 0 saturated heterocycles. The van der Waals surface area contributed by atoms with E-state index in [1.165, 1.54) is 0 Å². The van der Waals surface area contributed by atoms with Crippen LogP contribution in [0.4, 0.5) is 0 Å². The van der Waals surface area contributed by atoms with E-state index in [1.807, 2.05) is 13.0 Å². The maximum Gasteiger partial charge on any atom is 0.338 e. The summed E-state index contributed by atoms with van der Waals surface area (Å²) in [5.74, 6) is -0.0676. The fraction of sp³-hybridized carbons (Fsp3) is 0.471. The number of rotatable bonds is 3. The van der Waals surface area contributed by atoms with Gasteiger partial charge in [0, 0.05) is 0 Å². The first kappa shape index (κ1) is 14.8. The van der Waals surface area contributed by atoms with E-state index in [2.05, 4.69) is 6.58 Å². The van der Waals surface area contributed by atoms with E-state index in [9.17, 15) is 9.90 Å². The van der Waals surface area contributed by atoms with Crippen LogP contribution < -0.4 is 0 Å². The average Bonchev–Trinajstić information content (AvgIpc) is 2.41. The van der Waals surface area contributed by atoms with E-state index in [-0.39, 0.29) is 5.97 Å². The molecule has 2 rings (SSSR count). The first-order valence-electron chi connectivity index (χ1n) is 7.04. The number of hydrogen-bond acceptors (Lipinski definition) is 3. The Bertz CT molecular complexity index is 490. The van der Waals surface area contributed by atoms with Crippen LogP contribution in [-0.4, -0.2) is 22.8 Å². The SMILES string of the molecule is C=C(C)[C@H]1CC[C@@](C)(O)[C@H](OC(=O)c2ccccc2)C1. The van der Waals surface area contributed by atoms with Crippen molar-refractivity contribution < 1.29 is 14.6 Å². The topological polar surface area (TPSA) is 46.5 Å². The molecule has 0 aliphatic heterocycles. The standard InChI is InChI=1S/C17H22O3/c1-12(2)14-9-10-17(3,19)15(11-14)20-16(18)13-7-5-4-6-8-13/h4-8,14-15,19H,1,9-11H2,2-3H3/t14-,15+,17+/m0/s1. The molecule has 0 aromatic heterocycles. The molecule has 1 aromatic rings. The van der Waals surface area contributed by atoms with Crippen LogP contribution in [0, 0.1) is 5.92 Å². The smallest absolute Gasteiger partial charge is 0.338 e. The van der Waals surface area contributed by atoms with E-state index >= 15 is 0 Å². The highest BCUT2D eigenvalue weighted by molar-refractivity contribution is 5.89. The maximum atomic E-state index is 12.1. The average molecular weight is 274 g/mol. The lowest BCUT2D eigenvalue weighted by atomic mass is 9.75. The summed E-state index contributed by atoms with van der Waals surface area (Å²) in [6.45, 7) is 7.70. The molecule has 3 atom stereocenters. The molecule has 108 valence electrons. The Kier molecular flexibility index (Phi) is 4.29. The molecule has 0 radical (unpaired) electrons. The third-order valence-corrected chi connectivity index (χ3v) is 4.15. The second-order valence-corrected chi connectivity index (χ2v) is 5.93. The lowest BCUT2D eigenvalue weighted by Gasteiger charge is -2.40. The molecule has 0 unspecified atom stereocenters. The van der Waals surface area contributed by atoms with E-state index < -0.39 is 11.7 Å². The molecule has 0 spiro atoms. The number of esters is 1. The molecule has 0 heterocycles. The maximum absolute atomic E-state index is 12.1. The highest BCUT2D eigenvalue weighted by atomic mass is 16.6. The molecule has 0 amide bonds. The largest absolute Gasteiger partial charge is 0.456 e. The van der Waals surface area contributed by atoms with Crippen molar-refractivity contribution in [1.29, 1.82) is 0 Å². The van der Waals surface area contributed by atoms with Crippen molar-refractivity contribution in [1.82, 2.24) is 0 Å². The van der Waals surface area contributed by atoms with Crippen LogP contribution in [-0.2, 0) is 4.74 Å². The summed E-state index contributed by atoms with van der Waals surface area (Å²) in [4.78, 5) is 12.1. The van der Waals surface area contributed by atoms with Gasteiger partial charge in [0.25, 0.3) is 0 Å². The highest BCUT2D eigenvalue weighted by Crippen LogP contribution is 2.37. The third kappa shape index (κ3) is 3.28. The predicted octanol–water partition coefficient (Wildman–Crippen LogP) is 3.34. The molecule has 3 heteroatoms. The summed E-state index contributed by atoms with van der Waals surface area (Å²) in [7, 11) is 0. The Balaban J connectivity index is 2.09. The zero-order valence-electron chi connectivity index (χ0n) is 12.1. The normalized spacial score (nSPS) is 29.8. The Morgan fingerprint density at radius 1 is 1.40 bits per heavy atom. The monoisotopic (exact) mass is 274 g/mol. The van der Waals surface area contributed by atoms with Gasteiger partial charge in [-0.3, -0.25) is 0 Å². The van der Waals surface area contributed by atoms with Crippen LogP contribution >= 0.6 is 0 Å². The van der Waals surface area contributed by atoms with Crippen molar-refractivity contribution in [2.45, 2.75) is 44.8 Å². The molecule has 1 aliphatic rings. The van der Waals surface area contributed by atoms with Crippen LogP contribution in [0.2, 0.25) is 0 Å². The summed E-state index contributed by atoms with van der Waals surface area (Å²) >= 11 is 0. The van der Waals surface area contributed by atoms with Crippen LogP contribution in [0.1, 0.15) is 43.5 Å². The van der Waals surface area contributed by atoms with Crippen molar-refractivity contribution in [3.05, 3.63) is 48.0 Å². The zero-order valence-corrected chi connectivity index (χ0v) is 12.1. The van der Waals surface area contributed by atoms with Crippen LogP contribution in [0.25, 0.3) is 0 Å². The lowest BCUT2D eigenvalue weighted by Crippen LogP contribution is -2.47. The molecule has 1 fully saturated rings. The summed E-state index contributed by atoms with van der Waals surface area (Å²) in [5, 5.41) is 10.4. The summed E-state index contributed by atoms with van der Waals surface area (Å²) < 4.78 is 5.54. The van der Waals surface area contributed by atoms with Gasteiger partial charge in [-0.2, -0.15) is 0 Å². The molecular weight excluding hydrogens is 252 g/mol. The Labute approximate surface area is 120 Å². The van der Waals surface area contributed by atoms with Crippen LogP contribution in [0.15, 0.2) is 42.5 Å². The van der Waals surface area contributed by atoms with Crippen molar-refractivity contribution in [2.24, 2.45) is 5.92 Å². The zero-order chi connectivity index (χ0) is 14.8. The number of allylic oxidation sites excluding steroid dienone is 1. The van der Waals surface area contributed by atoms with Crippen molar-refractivity contribution in [2.75, 3.05) is 0 Å². The minimum absolute atomic E-state index is 0.309. The first-order valence-corrected chi connectivity index (χ1v) is 7.04. The molecular formula is C17H22O3. The van der Waals surface area contributed by atoms with Gasteiger partial charge in [0.05, 0.1) is 11.2 Å². The van der Waals surface area contributed by atoms with Gasteiger partial charge < -0.3 is 9.84 Å². The minimum atomic E-state index is -0.962. The van der Waals surface area contributed by atoms with Crippen LogP contribution in [0.3, 0.4) is 0 Å².